The largest absolute Gasteiger partial charge is 0.455 e. The Balaban J connectivity index is 2.18. The predicted octanol–water partition coefficient (Wildman–Crippen LogP) is 3.41. The highest BCUT2D eigenvalue weighted by Crippen LogP contribution is 2.26. The van der Waals surface area contributed by atoms with Crippen LogP contribution in [0.1, 0.15) is 16.3 Å². The highest BCUT2D eigenvalue weighted by atomic mass is 79.9. The Morgan fingerprint density at radius 2 is 2.17 bits per heavy atom. The van der Waals surface area contributed by atoms with E-state index in [-0.39, 0.29) is 18.2 Å². The molecule has 1 amide bonds. The maximum Gasteiger partial charge on any atom is 0.291 e. The average Bonchev–Trinajstić information content (AvgIpc) is 2.82. The fraction of sp³-hybridized carbons (Fsp3) is 0.0833. The normalized spacial score (nSPS) is 10.4. The molecule has 0 spiro atoms. The molecule has 0 bridgehead atoms. The molecule has 0 radical (unpaired) electrons. The lowest BCUT2D eigenvalue weighted by molar-refractivity contribution is 0.0995. The van der Waals surface area contributed by atoms with Crippen molar-refractivity contribution in [3.05, 3.63) is 51.3 Å². The van der Waals surface area contributed by atoms with E-state index in [1.54, 1.807) is 30.3 Å². The number of anilines is 1. The highest BCUT2D eigenvalue weighted by molar-refractivity contribution is 9.10. The number of halogens is 2. The third-order valence-corrected chi connectivity index (χ3v) is 3.19. The monoisotopic (exact) mass is 328 g/mol. The van der Waals surface area contributed by atoms with Gasteiger partial charge in [0.15, 0.2) is 5.76 Å². The molecule has 0 aliphatic carbocycles. The van der Waals surface area contributed by atoms with Crippen molar-refractivity contribution >= 4 is 39.1 Å². The number of nitrogens with two attached hydrogens (primary N) is 1. The lowest BCUT2D eigenvalue weighted by Crippen LogP contribution is -2.11. The first-order valence-corrected chi connectivity index (χ1v) is 6.32. The first-order chi connectivity index (χ1) is 8.60. The molecule has 0 saturated carbocycles. The number of carbonyl (C=O) groups is 1. The first-order valence-electron chi connectivity index (χ1n) is 5.15. The Labute approximate surface area is 117 Å². The highest BCUT2D eigenvalue weighted by Gasteiger charge is 2.12. The summed E-state index contributed by atoms with van der Waals surface area (Å²) >= 11 is 9.19. The van der Waals surface area contributed by atoms with Gasteiger partial charge in [-0.15, -0.1) is 0 Å². The molecule has 1 aromatic heterocycles. The van der Waals surface area contributed by atoms with Gasteiger partial charge in [0.2, 0.25) is 0 Å². The SMILES string of the molecule is NCc1ccc(C(=O)Nc2cc(Cl)ccc2Br)o1. The second-order valence-corrected chi connectivity index (χ2v) is 4.84. The van der Waals surface area contributed by atoms with Crippen molar-refractivity contribution in [3.63, 3.8) is 0 Å². The minimum absolute atomic E-state index is 0.210. The molecule has 0 atom stereocenters. The molecule has 0 aliphatic heterocycles. The fourth-order valence-electron chi connectivity index (χ4n) is 1.39. The quantitative estimate of drug-likeness (QED) is 0.906. The number of furan rings is 1. The smallest absolute Gasteiger partial charge is 0.291 e. The summed E-state index contributed by atoms with van der Waals surface area (Å²) in [5.41, 5.74) is 5.99. The second-order valence-electron chi connectivity index (χ2n) is 3.55. The van der Waals surface area contributed by atoms with Gasteiger partial charge < -0.3 is 15.5 Å². The summed E-state index contributed by atoms with van der Waals surface area (Å²) in [6, 6.07) is 8.38. The van der Waals surface area contributed by atoms with Gasteiger partial charge in [-0.1, -0.05) is 11.6 Å². The van der Waals surface area contributed by atoms with Crippen LogP contribution in [0.2, 0.25) is 5.02 Å². The van der Waals surface area contributed by atoms with Crippen LogP contribution in [-0.4, -0.2) is 5.91 Å². The lowest BCUT2D eigenvalue weighted by atomic mass is 10.3. The molecule has 18 heavy (non-hydrogen) atoms. The first kappa shape index (κ1) is 13.1. The predicted molar refractivity (Wildman–Crippen MR) is 73.7 cm³/mol. The van der Waals surface area contributed by atoms with Crippen LogP contribution in [0.4, 0.5) is 5.69 Å². The minimum atomic E-state index is -0.349. The summed E-state index contributed by atoms with van der Waals surface area (Å²) in [7, 11) is 0. The molecule has 0 unspecified atom stereocenters. The molecule has 94 valence electrons. The van der Waals surface area contributed by atoms with Crippen molar-refractivity contribution in [2.24, 2.45) is 5.73 Å². The molecule has 3 N–H and O–H groups in total. The van der Waals surface area contributed by atoms with Crippen LogP contribution in [-0.2, 0) is 6.54 Å². The summed E-state index contributed by atoms with van der Waals surface area (Å²) < 4.78 is 5.99. The van der Waals surface area contributed by atoms with Gasteiger partial charge in [-0.2, -0.15) is 0 Å². The summed E-state index contributed by atoms with van der Waals surface area (Å²) in [5.74, 6) is 0.422. The fourth-order valence-corrected chi connectivity index (χ4v) is 1.90. The van der Waals surface area contributed by atoms with Crippen LogP contribution < -0.4 is 11.1 Å². The van der Waals surface area contributed by atoms with Crippen LogP contribution in [0.3, 0.4) is 0 Å². The zero-order chi connectivity index (χ0) is 13.1. The minimum Gasteiger partial charge on any atom is -0.455 e. The van der Waals surface area contributed by atoms with Crippen LogP contribution in [0.15, 0.2) is 39.2 Å². The Morgan fingerprint density at radius 3 is 2.83 bits per heavy atom. The molecule has 2 aromatic rings. The number of benzene rings is 1. The summed E-state index contributed by atoms with van der Waals surface area (Å²) in [5, 5.41) is 3.24. The van der Waals surface area contributed by atoms with Crippen LogP contribution in [0.25, 0.3) is 0 Å². The van der Waals surface area contributed by atoms with E-state index in [0.717, 1.165) is 4.47 Å². The molecule has 0 aliphatic rings. The third kappa shape index (κ3) is 2.93. The summed E-state index contributed by atoms with van der Waals surface area (Å²) in [6.45, 7) is 0.258. The summed E-state index contributed by atoms with van der Waals surface area (Å²) in [4.78, 5) is 11.9. The third-order valence-electron chi connectivity index (χ3n) is 2.26. The van der Waals surface area contributed by atoms with E-state index >= 15 is 0 Å². The molecule has 0 saturated heterocycles. The second kappa shape index (κ2) is 5.56. The number of hydrogen-bond acceptors (Lipinski definition) is 3. The van der Waals surface area contributed by atoms with E-state index in [9.17, 15) is 4.79 Å². The van der Waals surface area contributed by atoms with Gasteiger partial charge in [0, 0.05) is 9.50 Å². The number of rotatable bonds is 3. The van der Waals surface area contributed by atoms with Crippen molar-refractivity contribution < 1.29 is 9.21 Å². The van der Waals surface area contributed by atoms with Crippen LogP contribution in [0, 0.1) is 0 Å². The Kier molecular flexibility index (Phi) is 4.06. The van der Waals surface area contributed by atoms with Crippen molar-refractivity contribution in [2.75, 3.05) is 5.32 Å². The van der Waals surface area contributed by atoms with Crippen molar-refractivity contribution in [2.45, 2.75) is 6.54 Å². The molecule has 4 nitrogen and oxygen atoms in total. The molecule has 2 rings (SSSR count). The maximum absolute atomic E-state index is 11.9. The number of amides is 1. The molecule has 1 heterocycles. The van der Waals surface area contributed by atoms with Gasteiger partial charge in [0.05, 0.1) is 12.2 Å². The molecule has 1 aromatic carbocycles. The van der Waals surface area contributed by atoms with Gasteiger partial charge in [-0.3, -0.25) is 4.79 Å². The van der Waals surface area contributed by atoms with Crippen LogP contribution in [0.5, 0.6) is 0 Å². The average molecular weight is 330 g/mol. The Hall–Kier alpha value is -1.30. The molecular formula is C12H10BrClN2O2. The van der Waals surface area contributed by atoms with E-state index in [1.807, 2.05) is 0 Å². The van der Waals surface area contributed by atoms with Gasteiger partial charge in [-0.25, -0.2) is 0 Å². The van der Waals surface area contributed by atoms with E-state index in [4.69, 9.17) is 21.8 Å². The summed E-state index contributed by atoms with van der Waals surface area (Å²) in [6.07, 6.45) is 0. The number of nitrogens with one attached hydrogen (secondary N) is 1. The van der Waals surface area contributed by atoms with Crippen molar-refractivity contribution in [1.29, 1.82) is 0 Å². The molecular weight excluding hydrogens is 320 g/mol. The van der Waals surface area contributed by atoms with Crippen LogP contribution >= 0.6 is 27.5 Å². The van der Waals surface area contributed by atoms with E-state index in [1.165, 1.54) is 0 Å². The van der Waals surface area contributed by atoms with E-state index in [0.29, 0.717) is 16.5 Å². The van der Waals surface area contributed by atoms with Gasteiger partial charge >= 0.3 is 0 Å². The Bertz CT molecular complexity index is 583. The molecule has 0 fully saturated rings. The van der Waals surface area contributed by atoms with Crippen molar-refractivity contribution in [1.82, 2.24) is 0 Å². The lowest BCUT2D eigenvalue weighted by Gasteiger charge is -2.06. The maximum atomic E-state index is 11.9. The van der Waals surface area contributed by atoms with E-state index in [2.05, 4.69) is 21.2 Å². The van der Waals surface area contributed by atoms with Gasteiger partial charge in [-0.05, 0) is 46.3 Å². The van der Waals surface area contributed by atoms with Gasteiger partial charge in [0.25, 0.3) is 5.91 Å². The van der Waals surface area contributed by atoms with E-state index < -0.39 is 0 Å². The van der Waals surface area contributed by atoms with Gasteiger partial charge in [0.1, 0.15) is 5.76 Å². The molecule has 6 heteroatoms. The topological polar surface area (TPSA) is 68.3 Å². The Morgan fingerprint density at radius 1 is 1.39 bits per heavy atom. The number of hydrogen-bond donors (Lipinski definition) is 2. The zero-order valence-corrected chi connectivity index (χ0v) is 11.6. The van der Waals surface area contributed by atoms with Crippen molar-refractivity contribution in [3.8, 4) is 0 Å². The number of carbonyl (C=O) groups excluding carboxylic acids is 1. The standard InChI is InChI=1S/C12H10BrClN2O2/c13-9-3-1-7(14)5-10(9)16-12(17)11-4-2-8(6-15)18-11/h1-5H,6,15H2,(H,16,17). The zero-order valence-electron chi connectivity index (χ0n) is 9.24.